The Morgan fingerprint density at radius 3 is 2.38 bits per heavy atom. The topological polar surface area (TPSA) is 79.8 Å². The number of ketones is 1. The Balaban J connectivity index is 4.72. The van der Waals surface area contributed by atoms with Crippen molar-refractivity contribution in [1.29, 1.82) is 0 Å². The Morgan fingerprint density at radius 2 is 2.08 bits per heavy atom. The van der Waals surface area contributed by atoms with Crippen LogP contribution >= 0.6 is 0 Å². The van der Waals surface area contributed by atoms with Gasteiger partial charge in [0.05, 0.1) is 7.11 Å². The fourth-order valence-corrected chi connectivity index (χ4v) is 0.706. The molecule has 5 heteroatoms. The van der Waals surface area contributed by atoms with Gasteiger partial charge in [-0.1, -0.05) is 13.8 Å². The second-order valence-corrected chi connectivity index (χ2v) is 2.61. The van der Waals surface area contributed by atoms with E-state index in [-0.39, 0.29) is 5.92 Å². The normalized spacial score (nSPS) is 11.3. The maximum atomic E-state index is 11.3. The quantitative estimate of drug-likeness (QED) is 0.209. The van der Waals surface area contributed by atoms with Crippen molar-refractivity contribution in [3.63, 3.8) is 0 Å². The third-order valence-electron chi connectivity index (χ3n) is 1.77. The van der Waals surface area contributed by atoms with Gasteiger partial charge in [-0.25, -0.2) is 4.79 Å². The van der Waals surface area contributed by atoms with Crippen molar-refractivity contribution in [2.75, 3.05) is 7.11 Å². The van der Waals surface area contributed by atoms with Gasteiger partial charge in [0, 0.05) is 5.92 Å². The van der Waals surface area contributed by atoms with Gasteiger partial charge in [0.25, 0.3) is 5.78 Å². The number of carbonyl (C=O) groups excluding carboxylic acids is 2. The number of hydrogen-bond donors (Lipinski definition) is 0. The van der Waals surface area contributed by atoms with E-state index in [4.69, 9.17) is 5.53 Å². The molecule has 0 heterocycles. The molecule has 1 unspecified atom stereocenters. The molecular weight excluding hydrogens is 172 g/mol. The van der Waals surface area contributed by atoms with Crippen molar-refractivity contribution >= 4 is 17.5 Å². The zero-order valence-corrected chi connectivity index (χ0v) is 7.90. The highest BCUT2D eigenvalue weighted by Crippen LogP contribution is 2.03. The predicted molar refractivity (Wildman–Crippen MR) is 45.1 cm³/mol. The average molecular weight is 184 g/mol. The van der Waals surface area contributed by atoms with E-state index in [0.29, 0.717) is 6.42 Å². The van der Waals surface area contributed by atoms with Crippen LogP contribution in [0, 0.1) is 5.92 Å². The molecule has 0 N–H and O–H groups in total. The molecule has 0 rings (SSSR count). The molecule has 13 heavy (non-hydrogen) atoms. The van der Waals surface area contributed by atoms with E-state index in [0.717, 1.165) is 7.11 Å². The lowest BCUT2D eigenvalue weighted by molar-refractivity contribution is -0.140. The minimum atomic E-state index is -0.909. The standard InChI is InChI=1S/C8H12N2O3/c1-4-5(2)7(11)6(10-9)8(12)13-3/h5H,4H2,1-3H3. The van der Waals surface area contributed by atoms with Crippen molar-refractivity contribution in [3.05, 3.63) is 5.53 Å². The maximum Gasteiger partial charge on any atom is 0.441 e. The Bertz CT molecular complexity index is 267. The van der Waals surface area contributed by atoms with Crippen molar-refractivity contribution in [1.82, 2.24) is 0 Å². The van der Waals surface area contributed by atoms with E-state index in [9.17, 15) is 9.59 Å². The first-order chi connectivity index (χ1) is 6.08. The number of nitrogens with zero attached hydrogens (tertiary/aromatic N) is 2. The van der Waals surface area contributed by atoms with Crippen molar-refractivity contribution in [3.8, 4) is 0 Å². The molecule has 0 aromatic heterocycles. The van der Waals surface area contributed by atoms with Gasteiger partial charge in [0.2, 0.25) is 0 Å². The summed E-state index contributed by atoms with van der Waals surface area (Å²) in [6.45, 7) is 3.45. The van der Waals surface area contributed by atoms with E-state index in [2.05, 4.69) is 9.53 Å². The van der Waals surface area contributed by atoms with Gasteiger partial charge in [-0.3, -0.25) is 4.79 Å². The van der Waals surface area contributed by atoms with E-state index in [1.165, 1.54) is 0 Å². The highest BCUT2D eigenvalue weighted by molar-refractivity contribution is 6.62. The van der Waals surface area contributed by atoms with Crippen LogP contribution in [-0.4, -0.2) is 29.4 Å². The molecule has 0 fully saturated rings. The Morgan fingerprint density at radius 1 is 1.54 bits per heavy atom. The first-order valence-electron chi connectivity index (χ1n) is 3.93. The van der Waals surface area contributed by atoms with Crippen LogP contribution in [0.3, 0.4) is 0 Å². The molecular formula is C8H12N2O3. The molecule has 0 saturated carbocycles. The monoisotopic (exact) mass is 184 g/mol. The first kappa shape index (κ1) is 11.5. The summed E-state index contributed by atoms with van der Waals surface area (Å²) in [6.07, 6.45) is 0.578. The molecule has 0 aliphatic rings. The van der Waals surface area contributed by atoms with Crippen LogP contribution in [0.25, 0.3) is 5.53 Å². The molecule has 0 saturated heterocycles. The summed E-state index contributed by atoms with van der Waals surface area (Å²) in [6, 6.07) is 0. The molecule has 72 valence electrons. The second-order valence-electron chi connectivity index (χ2n) is 2.61. The van der Waals surface area contributed by atoms with Crippen molar-refractivity contribution in [2.45, 2.75) is 20.3 Å². The summed E-state index contributed by atoms with van der Waals surface area (Å²) in [4.78, 5) is 24.8. The van der Waals surface area contributed by atoms with E-state index in [1.54, 1.807) is 13.8 Å². The summed E-state index contributed by atoms with van der Waals surface area (Å²) >= 11 is 0. The average Bonchev–Trinajstić information content (AvgIpc) is 2.17. The number of ether oxygens (including phenoxy) is 1. The highest BCUT2D eigenvalue weighted by atomic mass is 16.5. The van der Waals surface area contributed by atoms with Crippen LogP contribution in [0.4, 0.5) is 0 Å². The van der Waals surface area contributed by atoms with E-state index < -0.39 is 17.5 Å². The molecule has 0 aromatic carbocycles. The van der Waals surface area contributed by atoms with Crippen LogP contribution in [-0.2, 0) is 14.3 Å². The summed E-state index contributed by atoms with van der Waals surface area (Å²) in [5.41, 5.74) is 7.86. The van der Waals surface area contributed by atoms with Crippen LogP contribution in [0.5, 0.6) is 0 Å². The molecule has 5 nitrogen and oxygen atoms in total. The number of esters is 1. The summed E-state index contributed by atoms with van der Waals surface area (Å²) < 4.78 is 4.27. The highest BCUT2D eigenvalue weighted by Gasteiger charge is 2.33. The molecule has 1 atom stereocenters. The van der Waals surface area contributed by atoms with Gasteiger partial charge in [-0.2, -0.15) is 4.79 Å². The molecule has 0 aromatic rings. The zero-order valence-electron chi connectivity index (χ0n) is 7.90. The number of Topliss-reactive ketones (excluding diaryl/α,β-unsaturated/α-hetero) is 1. The van der Waals surface area contributed by atoms with Crippen LogP contribution in [0.2, 0.25) is 0 Å². The van der Waals surface area contributed by atoms with Crippen LogP contribution < -0.4 is 0 Å². The number of carbonyl (C=O) groups is 2. The lowest BCUT2D eigenvalue weighted by Gasteiger charge is -2.01. The third-order valence-corrected chi connectivity index (χ3v) is 1.77. The Hall–Kier alpha value is -1.48. The second kappa shape index (κ2) is 5.22. The van der Waals surface area contributed by atoms with Gasteiger partial charge < -0.3 is 10.3 Å². The summed E-state index contributed by atoms with van der Waals surface area (Å²) in [5, 5.41) is 0. The van der Waals surface area contributed by atoms with E-state index >= 15 is 0 Å². The molecule has 0 aliphatic heterocycles. The van der Waals surface area contributed by atoms with E-state index in [1.807, 2.05) is 0 Å². The fourth-order valence-electron chi connectivity index (χ4n) is 0.706. The maximum absolute atomic E-state index is 11.3. The minimum Gasteiger partial charge on any atom is -0.460 e. The SMILES string of the molecule is CCC(C)C(=O)C(=[N+]=[N-])C(=O)OC. The first-order valence-corrected chi connectivity index (χ1v) is 3.93. The number of rotatable bonds is 4. The summed E-state index contributed by atoms with van der Waals surface area (Å²) in [5.74, 6) is -1.75. The lowest BCUT2D eigenvalue weighted by atomic mass is 10.00. The van der Waals surface area contributed by atoms with Gasteiger partial charge in [-0.15, -0.1) is 0 Å². The van der Waals surface area contributed by atoms with Gasteiger partial charge in [-0.05, 0) is 6.42 Å². The largest absolute Gasteiger partial charge is 0.460 e. The molecule has 0 spiro atoms. The lowest BCUT2D eigenvalue weighted by Crippen LogP contribution is -2.30. The minimum absolute atomic E-state index is 0.343. The Labute approximate surface area is 76.3 Å². The van der Waals surface area contributed by atoms with Crippen molar-refractivity contribution in [2.24, 2.45) is 5.92 Å². The Kier molecular flexibility index (Phi) is 4.62. The molecule has 0 bridgehead atoms. The van der Waals surface area contributed by atoms with Crippen LogP contribution in [0.1, 0.15) is 20.3 Å². The number of hydrogen-bond acceptors (Lipinski definition) is 3. The smallest absolute Gasteiger partial charge is 0.441 e. The zero-order chi connectivity index (χ0) is 10.4. The van der Waals surface area contributed by atoms with Gasteiger partial charge in [0.1, 0.15) is 0 Å². The molecule has 0 radical (unpaired) electrons. The van der Waals surface area contributed by atoms with Gasteiger partial charge in [0.15, 0.2) is 0 Å². The number of methoxy groups -OCH3 is 1. The van der Waals surface area contributed by atoms with Crippen LogP contribution in [0.15, 0.2) is 0 Å². The fraction of sp³-hybridized carbons (Fsp3) is 0.625. The van der Waals surface area contributed by atoms with Gasteiger partial charge >= 0.3 is 11.7 Å². The van der Waals surface area contributed by atoms with Crippen molar-refractivity contribution < 1.29 is 19.1 Å². The molecule has 0 amide bonds. The predicted octanol–water partition coefficient (Wildman–Crippen LogP) is 0.445. The molecule has 0 aliphatic carbocycles. The summed E-state index contributed by atoms with van der Waals surface area (Å²) in [7, 11) is 1.12. The third kappa shape index (κ3) is 2.80.